The van der Waals surface area contributed by atoms with Gasteiger partial charge in [0.15, 0.2) is 5.96 Å². The molecule has 1 aliphatic carbocycles. The molecule has 122 valence electrons. The number of hydrogen-bond donors (Lipinski definition) is 2. The first-order chi connectivity index (χ1) is 10.6. The van der Waals surface area contributed by atoms with Crippen molar-refractivity contribution in [3.63, 3.8) is 0 Å². The van der Waals surface area contributed by atoms with E-state index in [1.807, 2.05) is 0 Å². The highest BCUT2D eigenvalue weighted by Gasteiger charge is 2.33. The van der Waals surface area contributed by atoms with Crippen LogP contribution in [0.25, 0.3) is 0 Å². The summed E-state index contributed by atoms with van der Waals surface area (Å²) in [6, 6.07) is 3.90. The lowest BCUT2D eigenvalue weighted by Gasteiger charge is -2.26. The Hall–Kier alpha value is -1.12. The van der Waals surface area contributed by atoms with Crippen LogP contribution in [0.4, 0.5) is 0 Å². The molecule has 1 unspecified atom stereocenters. The Morgan fingerprint density at radius 2 is 2.27 bits per heavy atom. The van der Waals surface area contributed by atoms with Gasteiger partial charge in [0.1, 0.15) is 4.21 Å². The second-order valence-corrected chi connectivity index (χ2v) is 9.06. The fraction of sp³-hybridized carbons (Fsp3) is 0.643. The van der Waals surface area contributed by atoms with Crippen LogP contribution in [0.3, 0.4) is 0 Å². The Balaban J connectivity index is 1.53. The Morgan fingerprint density at radius 1 is 1.45 bits per heavy atom. The maximum Gasteiger partial charge on any atom is 0.252 e. The molecule has 1 aliphatic heterocycles. The number of sulfonamides is 1. The average Bonchev–Trinajstić information content (AvgIpc) is 3.11. The van der Waals surface area contributed by atoms with Crippen LogP contribution in [0, 0.1) is 5.92 Å². The predicted molar refractivity (Wildman–Crippen MR) is 88.4 cm³/mol. The highest BCUT2D eigenvalue weighted by molar-refractivity contribution is 7.91. The van der Waals surface area contributed by atoms with Crippen LogP contribution in [0.2, 0.25) is 0 Å². The third-order valence-electron chi connectivity index (χ3n) is 4.31. The topological polar surface area (TPSA) is 87.8 Å². The minimum atomic E-state index is -3.32. The van der Waals surface area contributed by atoms with Crippen LogP contribution in [-0.2, 0) is 10.0 Å². The Morgan fingerprint density at radius 3 is 2.91 bits per heavy atom. The summed E-state index contributed by atoms with van der Waals surface area (Å²) >= 11 is 1.26. The standard InChI is InChI=1S/C14H22N4O2S2/c15-14(17-12-3-1-4-12)16-9-11-6-7-18(10-11)22(19,20)13-5-2-8-21-13/h2,5,8,11-12H,1,3-4,6-7,9-10H2,(H3,15,16,17). The molecule has 1 atom stereocenters. The summed E-state index contributed by atoms with van der Waals surface area (Å²) in [5.41, 5.74) is 5.87. The van der Waals surface area contributed by atoms with Gasteiger partial charge >= 0.3 is 0 Å². The normalized spacial score (nSPS) is 24.4. The molecule has 0 radical (unpaired) electrons. The molecule has 0 spiro atoms. The number of guanidine groups is 1. The van der Waals surface area contributed by atoms with E-state index in [9.17, 15) is 8.42 Å². The second kappa shape index (κ2) is 6.55. The van der Waals surface area contributed by atoms with Gasteiger partial charge in [-0.15, -0.1) is 11.3 Å². The van der Waals surface area contributed by atoms with Crippen molar-refractivity contribution in [1.82, 2.24) is 9.62 Å². The molecule has 6 nitrogen and oxygen atoms in total. The van der Waals surface area contributed by atoms with Crippen molar-refractivity contribution in [2.45, 2.75) is 35.9 Å². The molecule has 1 aromatic rings. The molecule has 2 heterocycles. The number of nitrogens with zero attached hydrogens (tertiary/aromatic N) is 2. The molecule has 3 N–H and O–H groups in total. The Bertz CT molecular complexity index is 623. The number of hydrogen-bond acceptors (Lipinski definition) is 4. The minimum absolute atomic E-state index is 0.247. The summed E-state index contributed by atoms with van der Waals surface area (Å²) in [7, 11) is -3.32. The van der Waals surface area contributed by atoms with E-state index in [1.54, 1.807) is 21.8 Å². The van der Waals surface area contributed by atoms with Gasteiger partial charge in [-0.25, -0.2) is 8.42 Å². The lowest BCUT2D eigenvalue weighted by Crippen LogP contribution is -2.43. The molecule has 8 heteroatoms. The van der Waals surface area contributed by atoms with E-state index in [4.69, 9.17) is 5.73 Å². The molecule has 2 fully saturated rings. The van der Waals surface area contributed by atoms with E-state index in [1.165, 1.54) is 17.8 Å². The van der Waals surface area contributed by atoms with Crippen LogP contribution < -0.4 is 11.1 Å². The van der Waals surface area contributed by atoms with Gasteiger partial charge in [0.25, 0.3) is 10.0 Å². The number of nitrogens with two attached hydrogens (primary N) is 1. The predicted octanol–water partition coefficient (Wildman–Crippen LogP) is 1.22. The summed E-state index contributed by atoms with van der Waals surface area (Å²) < 4.78 is 26.9. The minimum Gasteiger partial charge on any atom is -0.370 e. The van der Waals surface area contributed by atoms with Crippen molar-refractivity contribution in [2.24, 2.45) is 16.6 Å². The van der Waals surface area contributed by atoms with Gasteiger partial charge in [-0.05, 0) is 43.0 Å². The first kappa shape index (κ1) is 15.8. The number of thiophene rings is 1. The molecule has 0 amide bonds. The summed E-state index contributed by atoms with van der Waals surface area (Å²) in [5.74, 6) is 0.737. The average molecular weight is 342 g/mol. The van der Waals surface area contributed by atoms with Crippen molar-refractivity contribution >= 4 is 27.3 Å². The molecule has 2 aliphatic rings. The zero-order valence-corrected chi connectivity index (χ0v) is 14.1. The molecule has 0 aromatic carbocycles. The molecule has 1 saturated heterocycles. The van der Waals surface area contributed by atoms with Gasteiger partial charge in [0, 0.05) is 25.7 Å². The van der Waals surface area contributed by atoms with E-state index < -0.39 is 10.0 Å². The smallest absolute Gasteiger partial charge is 0.252 e. The highest BCUT2D eigenvalue weighted by Crippen LogP contribution is 2.27. The van der Waals surface area contributed by atoms with Crippen LogP contribution in [0.1, 0.15) is 25.7 Å². The quantitative estimate of drug-likeness (QED) is 0.622. The zero-order valence-electron chi connectivity index (χ0n) is 12.4. The number of rotatable bonds is 5. The highest BCUT2D eigenvalue weighted by atomic mass is 32.2. The first-order valence-corrected chi connectivity index (χ1v) is 9.98. The lowest BCUT2D eigenvalue weighted by molar-refractivity contribution is 0.381. The fourth-order valence-electron chi connectivity index (χ4n) is 2.74. The molecule has 3 rings (SSSR count). The molecular formula is C14H22N4O2S2. The van der Waals surface area contributed by atoms with Crippen LogP contribution in [0.5, 0.6) is 0 Å². The van der Waals surface area contributed by atoms with Crippen molar-refractivity contribution in [3.05, 3.63) is 17.5 Å². The second-order valence-electron chi connectivity index (χ2n) is 5.95. The monoisotopic (exact) mass is 342 g/mol. The van der Waals surface area contributed by atoms with Crippen LogP contribution in [-0.4, -0.2) is 44.4 Å². The molecular weight excluding hydrogens is 320 g/mol. The van der Waals surface area contributed by atoms with Crippen molar-refractivity contribution < 1.29 is 8.42 Å². The van der Waals surface area contributed by atoms with Gasteiger partial charge in [0.2, 0.25) is 0 Å². The van der Waals surface area contributed by atoms with Crippen LogP contribution in [0.15, 0.2) is 26.7 Å². The Labute approximate surface area is 135 Å². The van der Waals surface area contributed by atoms with E-state index in [-0.39, 0.29) is 5.92 Å². The third kappa shape index (κ3) is 3.44. The number of aliphatic imine (C=N–C) groups is 1. The fourth-order valence-corrected chi connectivity index (χ4v) is 5.41. The zero-order chi connectivity index (χ0) is 15.6. The van der Waals surface area contributed by atoms with Gasteiger partial charge < -0.3 is 11.1 Å². The third-order valence-corrected chi connectivity index (χ3v) is 7.55. The van der Waals surface area contributed by atoms with E-state index in [2.05, 4.69) is 10.3 Å². The van der Waals surface area contributed by atoms with E-state index >= 15 is 0 Å². The lowest BCUT2D eigenvalue weighted by atomic mass is 9.93. The largest absolute Gasteiger partial charge is 0.370 e. The molecule has 1 aromatic heterocycles. The summed E-state index contributed by atoms with van der Waals surface area (Å²) in [4.78, 5) is 4.37. The summed E-state index contributed by atoms with van der Waals surface area (Å²) in [5, 5.41) is 4.99. The van der Waals surface area contributed by atoms with Crippen molar-refractivity contribution in [3.8, 4) is 0 Å². The van der Waals surface area contributed by atoms with Crippen LogP contribution >= 0.6 is 11.3 Å². The van der Waals surface area contributed by atoms with Crippen molar-refractivity contribution in [1.29, 1.82) is 0 Å². The maximum atomic E-state index is 12.4. The van der Waals surface area contributed by atoms with Gasteiger partial charge in [-0.2, -0.15) is 4.31 Å². The van der Waals surface area contributed by atoms with Gasteiger partial charge in [-0.3, -0.25) is 4.99 Å². The van der Waals surface area contributed by atoms with Gasteiger partial charge in [-0.1, -0.05) is 6.07 Å². The molecule has 0 bridgehead atoms. The van der Waals surface area contributed by atoms with Gasteiger partial charge in [0.05, 0.1) is 0 Å². The SMILES string of the molecule is NC(=NCC1CCN(S(=O)(=O)c2cccs2)C1)NC1CCC1. The van der Waals surface area contributed by atoms with E-state index in [0.717, 1.165) is 19.3 Å². The first-order valence-electron chi connectivity index (χ1n) is 7.66. The summed E-state index contributed by atoms with van der Waals surface area (Å²) in [6.07, 6.45) is 4.41. The van der Waals surface area contributed by atoms with E-state index in [0.29, 0.717) is 35.8 Å². The Kier molecular flexibility index (Phi) is 4.70. The molecule has 1 saturated carbocycles. The maximum absolute atomic E-state index is 12.4. The number of nitrogens with one attached hydrogen (secondary N) is 1. The van der Waals surface area contributed by atoms with Crippen molar-refractivity contribution in [2.75, 3.05) is 19.6 Å². The summed E-state index contributed by atoms with van der Waals surface area (Å²) in [6.45, 7) is 1.68. The molecule has 22 heavy (non-hydrogen) atoms.